The number of amidine groups is 1. The lowest BCUT2D eigenvalue weighted by atomic mass is 10.0. The minimum absolute atomic E-state index is 0.191. The van der Waals surface area contributed by atoms with E-state index in [0.717, 1.165) is 28.0 Å². The summed E-state index contributed by atoms with van der Waals surface area (Å²) in [6.07, 6.45) is 0. The topological polar surface area (TPSA) is 41.9 Å². The highest BCUT2D eigenvalue weighted by Crippen LogP contribution is 2.38. The largest absolute Gasteiger partial charge is 0.465 e. The molecular weight excluding hydrogens is 252 g/mol. The van der Waals surface area contributed by atoms with Crippen LogP contribution in [0.1, 0.15) is 13.8 Å². The summed E-state index contributed by atoms with van der Waals surface area (Å²) in [5.41, 5.74) is 1.97. The van der Waals surface area contributed by atoms with Gasteiger partial charge in [0.25, 0.3) is 0 Å². The average Bonchev–Trinajstić information content (AvgIpc) is 2.44. The van der Waals surface area contributed by atoms with Crippen molar-refractivity contribution in [2.24, 2.45) is 4.99 Å². The Morgan fingerprint density at radius 1 is 1.25 bits per heavy atom. The van der Waals surface area contributed by atoms with Crippen LogP contribution in [0.3, 0.4) is 0 Å². The van der Waals surface area contributed by atoms with Crippen LogP contribution in [-0.2, 0) is 9.53 Å². The maximum Gasteiger partial charge on any atom is 0.326 e. The van der Waals surface area contributed by atoms with Crippen LogP contribution in [0.4, 0.5) is 11.4 Å². The van der Waals surface area contributed by atoms with Gasteiger partial charge in [-0.05, 0) is 31.4 Å². The summed E-state index contributed by atoms with van der Waals surface area (Å²) in [7, 11) is 0. The number of ether oxygens (including phenoxy) is 1. The minimum Gasteiger partial charge on any atom is -0.465 e. The molecule has 2 aromatic carbocycles. The Morgan fingerprint density at radius 3 is 2.75 bits per heavy atom. The van der Waals surface area contributed by atoms with Crippen molar-refractivity contribution >= 4 is 34.0 Å². The van der Waals surface area contributed by atoms with Crippen molar-refractivity contribution in [1.82, 2.24) is 0 Å². The van der Waals surface area contributed by atoms with Crippen molar-refractivity contribution in [3.63, 3.8) is 0 Å². The number of aliphatic imine (C=N–C) groups is 1. The molecule has 0 saturated heterocycles. The number of carbonyl (C=O) groups is 1. The molecule has 0 fully saturated rings. The molecule has 0 spiro atoms. The van der Waals surface area contributed by atoms with Crippen molar-refractivity contribution in [1.29, 1.82) is 0 Å². The van der Waals surface area contributed by atoms with E-state index in [2.05, 4.69) is 17.1 Å². The molecule has 0 radical (unpaired) electrons. The molecule has 2 aromatic rings. The molecule has 0 bridgehead atoms. The van der Waals surface area contributed by atoms with Gasteiger partial charge in [0.05, 0.1) is 18.0 Å². The third kappa shape index (κ3) is 2.03. The molecule has 0 atom stereocenters. The SMILES string of the molecule is CCOC(=O)CN1C(C)=Nc2cccc3cccc1c23. The number of hydrogen-bond acceptors (Lipinski definition) is 4. The molecular formula is C16H16N2O2. The van der Waals surface area contributed by atoms with Gasteiger partial charge in [0.15, 0.2) is 0 Å². The van der Waals surface area contributed by atoms with Crippen LogP contribution in [0.5, 0.6) is 0 Å². The molecule has 1 aliphatic heterocycles. The van der Waals surface area contributed by atoms with Gasteiger partial charge in [0, 0.05) is 5.39 Å². The zero-order valence-electron chi connectivity index (χ0n) is 11.6. The van der Waals surface area contributed by atoms with E-state index >= 15 is 0 Å². The summed E-state index contributed by atoms with van der Waals surface area (Å²) >= 11 is 0. The van der Waals surface area contributed by atoms with Crippen LogP contribution in [0.25, 0.3) is 10.8 Å². The van der Waals surface area contributed by atoms with E-state index in [1.165, 1.54) is 0 Å². The summed E-state index contributed by atoms with van der Waals surface area (Å²) < 4.78 is 5.04. The van der Waals surface area contributed by atoms with Gasteiger partial charge in [0.1, 0.15) is 12.4 Å². The molecule has 4 heteroatoms. The number of carbonyl (C=O) groups excluding carboxylic acids is 1. The maximum atomic E-state index is 11.8. The lowest BCUT2D eigenvalue weighted by Crippen LogP contribution is -2.36. The molecule has 1 aliphatic rings. The van der Waals surface area contributed by atoms with Crippen LogP contribution in [0.2, 0.25) is 0 Å². The number of anilines is 1. The Morgan fingerprint density at radius 2 is 2.00 bits per heavy atom. The zero-order valence-corrected chi connectivity index (χ0v) is 11.6. The fourth-order valence-electron chi connectivity index (χ4n) is 2.56. The first-order valence-electron chi connectivity index (χ1n) is 6.71. The Kier molecular flexibility index (Phi) is 3.14. The Bertz CT molecular complexity index is 701. The molecule has 0 saturated carbocycles. The number of benzene rings is 2. The summed E-state index contributed by atoms with van der Waals surface area (Å²) in [5, 5.41) is 2.22. The first-order valence-corrected chi connectivity index (χ1v) is 6.71. The third-order valence-corrected chi connectivity index (χ3v) is 3.42. The first-order chi connectivity index (χ1) is 9.70. The van der Waals surface area contributed by atoms with Crippen LogP contribution < -0.4 is 4.90 Å². The monoisotopic (exact) mass is 268 g/mol. The highest BCUT2D eigenvalue weighted by Gasteiger charge is 2.22. The van der Waals surface area contributed by atoms with Gasteiger partial charge >= 0.3 is 5.97 Å². The molecule has 0 N–H and O–H groups in total. The van der Waals surface area contributed by atoms with E-state index < -0.39 is 0 Å². The third-order valence-electron chi connectivity index (χ3n) is 3.42. The Balaban J connectivity index is 2.09. The molecule has 20 heavy (non-hydrogen) atoms. The second kappa shape index (κ2) is 4.96. The quantitative estimate of drug-likeness (QED) is 0.802. The molecule has 1 heterocycles. The fraction of sp³-hybridized carbons (Fsp3) is 0.250. The normalized spacial score (nSPS) is 13.3. The van der Waals surface area contributed by atoms with E-state index in [-0.39, 0.29) is 12.5 Å². The van der Waals surface area contributed by atoms with Crippen molar-refractivity contribution < 1.29 is 9.53 Å². The number of rotatable bonds is 3. The van der Waals surface area contributed by atoms with Crippen LogP contribution >= 0.6 is 0 Å². The lowest BCUT2D eigenvalue weighted by molar-refractivity contribution is -0.141. The number of esters is 1. The summed E-state index contributed by atoms with van der Waals surface area (Å²) in [5.74, 6) is 0.572. The van der Waals surface area contributed by atoms with Gasteiger partial charge in [-0.1, -0.05) is 24.3 Å². The van der Waals surface area contributed by atoms with Gasteiger partial charge in [-0.2, -0.15) is 0 Å². The summed E-state index contributed by atoms with van der Waals surface area (Å²) in [6.45, 7) is 4.30. The molecule has 102 valence electrons. The maximum absolute atomic E-state index is 11.8. The molecule has 4 nitrogen and oxygen atoms in total. The van der Waals surface area contributed by atoms with Gasteiger partial charge in [0.2, 0.25) is 0 Å². The second-order valence-electron chi connectivity index (χ2n) is 4.70. The van der Waals surface area contributed by atoms with Gasteiger partial charge in [-0.3, -0.25) is 4.79 Å². The summed E-state index contributed by atoms with van der Waals surface area (Å²) in [4.78, 5) is 18.3. The second-order valence-corrected chi connectivity index (χ2v) is 4.70. The van der Waals surface area contributed by atoms with Crippen molar-refractivity contribution in [3.8, 4) is 0 Å². The number of hydrogen-bond donors (Lipinski definition) is 0. The zero-order chi connectivity index (χ0) is 14.1. The van der Waals surface area contributed by atoms with Gasteiger partial charge < -0.3 is 9.64 Å². The van der Waals surface area contributed by atoms with Gasteiger partial charge in [-0.25, -0.2) is 4.99 Å². The highest BCUT2D eigenvalue weighted by atomic mass is 16.5. The van der Waals surface area contributed by atoms with Crippen molar-refractivity contribution in [2.45, 2.75) is 13.8 Å². The van der Waals surface area contributed by atoms with Crippen LogP contribution in [0.15, 0.2) is 41.4 Å². The Hall–Kier alpha value is -2.36. The predicted octanol–water partition coefficient (Wildman–Crippen LogP) is 3.27. The standard InChI is InChI=1S/C16H16N2O2/c1-3-20-15(19)10-18-11(2)17-13-8-4-6-12-7-5-9-14(18)16(12)13/h4-9H,3,10H2,1-2H3. The van der Waals surface area contributed by atoms with E-state index in [1.54, 1.807) is 0 Å². The fourth-order valence-corrected chi connectivity index (χ4v) is 2.56. The highest BCUT2D eigenvalue weighted by molar-refractivity contribution is 6.15. The van der Waals surface area contributed by atoms with Crippen molar-refractivity contribution in [3.05, 3.63) is 36.4 Å². The average molecular weight is 268 g/mol. The minimum atomic E-state index is -0.238. The molecule has 3 rings (SSSR count). The van der Waals surface area contributed by atoms with E-state index in [9.17, 15) is 4.79 Å². The van der Waals surface area contributed by atoms with E-state index in [0.29, 0.717) is 6.61 Å². The van der Waals surface area contributed by atoms with E-state index in [4.69, 9.17) is 4.74 Å². The molecule has 0 aliphatic carbocycles. The molecule has 0 amide bonds. The van der Waals surface area contributed by atoms with Crippen LogP contribution in [0, 0.1) is 0 Å². The smallest absolute Gasteiger partial charge is 0.326 e. The molecule has 0 unspecified atom stereocenters. The summed E-state index contributed by atoms with van der Waals surface area (Å²) in [6, 6.07) is 12.1. The predicted molar refractivity (Wildman–Crippen MR) is 80.7 cm³/mol. The van der Waals surface area contributed by atoms with Crippen molar-refractivity contribution in [2.75, 3.05) is 18.1 Å². The number of nitrogens with zero attached hydrogens (tertiary/aromatic N) is 2. The van der Waals surface area contributed by atoms with Crippen LogP contribution in [-0.4, -0.2) is 25.0 Å². The lowest BCUT2D eigenvalue weighted by Gasteiger charge is -2.28. The first kappa shape index (κ1) is 12.7. The molecule has 0 aromatic heterocycles. The van der Waals surface area contributed by atoms with Gasteiger partial charge in [-0.15, -0.1) is 0 Å². The van der Waals surface area contributed by atoms with E-state index in [1.807, 2.05) is 43.0 Å². The Labute approximate surface area is 117 Å².